The van der Waals surface area contributed by atoms with Gasteiger partial charge in [-0.05, 0) is 83.6 Å². The number of carbonyl (C=O) groups excluding carboxylic acids is 2. The van der Waals surface area contributed by atoms with Gasteiger partial charge in [0.05, 0.1) is 39.1 Å². The van der Waals surface area contributed by atoms with Crippen molar-refractivity contribution in [3.8, 4) is 33.6 Å². The molecule has 260 valence electrons. The highest BCUT2D eigenvalue weighted by molar-refractivity contribution is 6.37. The predicted molar refractivity (Wildman–Crippen MR) is 223 cm³/mol. The van der Waals surface area contributed by atoms with Gasteiger partial charge in [-0.25, -0.2) is 4.90 Å². The highest BCUT2D eigenvalue weighted by atomic mass is 16.2. The third-order valence-corrected chi connectivity index (χ3v) is 11.3. The van der Waals surface area contributed by atoms with Crippen LogP contribution in [0.1, 0.15) is 38.4 Å². The maximum absolute atomic E-state index is 15.1. The number of imide groups is 1. The van der Waals surface area contributed by atoms with Crippen LogP contribution in [0.2, 0.25) is 0 Å². The number of fused-ring (bicyclic) bond motifs is 7. The number of anilines is 1. The van der Waals surface area contributed by atoms with Crippen molar-refractivity contribution in [2.45, 2.75) is 12.8 Å². The summed E-state index contributed by atoms with van der Waals surface area (Å²) in [5.74, 6) is -0.668. The van der Waals surface area contributed by atoms with Crippen LogP contribution in [0.5, 0.6) is 0 Å². The zero-order valence-corrected chi connectivity index (χ0v) is 29.8. The molecule has 0 fully saturated rings. The van der Waals surface area contributed by atoms with Crippen LogP contribution in [0.3, 0.4) is 0 Å². The van der Waals surface area contributed by atoms with Crippen molar-refractivity contribution in [2.75, 3.05) is 4.90 Å². The fourth-order valence-electron chi connectivity index (χ4n) is 8.99. The molecule has 5 heteroatoms. The first kappa shape index (κ1) is 31.3. The SMILES string of the molecule is O=C1c2cccc(-n3c4ccccc4c4ccc(-n5c6c(c7ccccc75)CCC=C6)cc43)c2C(=O)N1c1cccc(-c2ccccc2)c1-c1ccccc1. The van der Waals surface area contributed by atoms with E-state index in [0.717, 1.165) is 62.6 Å². The van der Waals surface area contributed by atoms with Gasteiger partial charge in [-0.3, -0.25) is 9.59 Å². The molecule has 0 saturated carbocycles. The second-order valence-electron chi connectivity index (χ2n) is 14.3. The third kappa shape index (κ3) is 4.60. The normalized spacial score (nSPS) is 13.6. The first-order chi connectivity index (χ1) is 27.2. The summed E-state index contributed by atoms with van der Waals surface area (Å²) in [5, 5.41) is 3.43. The van der Waals surface area contributed by atoms with Crippen molar-refractivity contribution in [1.82, 2.24) is 9.13 Å². The number of aryl methyl sites for hydroxylation is 1. The Balaban J connectivity index is 1.13. The molecule has 7 aromatic carbocycles. The zero-order chi connectivity index (χ0) is 36.6. The number of rotatable bonds is 5. The number of amides is 2. The van der Waals surface area contributed by atoms with Crippen LogP contribution >= 0.6 is 0 Å². The minimum atomic E-state index is -0.337. The molecule has 0 atom stereocenters. The minimum absolute atomic E-state index is 0.331. The van der Waals surface area contributed by atoms with E-state index in [4.69, 9.17) is 0 Å². The van der Waals surface area contributed by atoms with E-state index in [9.17, 15) is 4.79 Å². The van der Waals surface area contributed by atoms with Crippen LogP contribution < -0.4 is 4.90 Å². The van der Waals surface area contributed by atoms with Crippen molar-refractivity contribution in [2.24, 2.45) is 0 Å². The molecule has 0 bridgehead atoms. The maximum atomic E-state index is 15.1. The largest absolute Gasteiger partial charge is 0.310 e. The van der Waals surface area contributed by atoms with Gasteiger partial charge in [-0.15, -0.1) is 0 Å². The van der Waals surface area contributed by atoms with Gasteiger partial charge in [0.15, 0.2) is 0 Å². The first-order valence-electron chi connectivity index (χ1n) is 18.8. The number of allylic oxidation sites excluding steroid dienone is 1. The van der Waals surface area contributed by atoms with Crippen LogP contribution in [0, 0.1) is 0 Å². The minimum Gasteiger partial charge on any atom is -0.310 e. The molecular formula is C50H33N3O2. The fourth-order valence-corrected chi connectivity index (χ4v) is 8.99. The summed E-state index contributed by atoms with van der Waals surface area (Å²) in [6.07, 6.45) is 6.54. The number of carbonyl (C=O) groups is 2. The second kappa shape index (κ2) is 12.2. The first-order valence-corrected chi connectivity index (χ1v) is 18.8. The number of aromatic nitrogens is 2. The number of hydrogen-bond acceptors (Lipinski definition) is 2. The van der Waals surface area contributed by atoms with Gasteiger partial charge in [-0.1, -0.05) is 127 Å². The lowest BCUT2D eigenvalue weighted by Gasteiger charge is -2.22. The molecule has 2 aromatic heterocycles. The Kier molecular flexibility index (Phi) is 6.92. The Morgan fingerprint density at radius 2 is 1.09 bits per heavy atom. The third-order valence-electron chi connectivity index (χ3n) is 11.3. The van der Waals surface area contributed by atoms with Crippen LogP contribution in [-0.4, -0.2) is 20.9 Å². The summed E-state index contributed by atoms with van der Waals surface area (Å²) in [7, 11) is 0. The molecule has 1 aliphatic heterocycles. The molecule has 0 N–H and O–H groups in total. The molecule has 5 nitrogen and oxygen atoms in total. The molecular weight excluding hydrogens is 675 g/mol. The van der Waals surface area contributed by atoms with Crippen molar-refractivity contribution in [1.29, 1.82) is 0 Å². The highest BCUT2D eigenvalue weighted by Crippen LogP contribution is 2.44. The lowest BCUT2D eigenvalue weighted by atomic mass is 9.92. The lowest BCUT2D eigenvalue weighted by molar-refractivity contribution is 0.0926. The van der Waals surface area contributed by atoms with Crippen molar-refractivity contribution in [3.63, 3.8) is 0 Å². The molecule has 0 unspecified atom stereocenters. The molecule has 55 heavy (non-hydrogen) atoms. The summed E-state index contributed by atoms with van der Waals surface area (Å²) in [6, 6.07) is 55.2. The summed E-state index contributed by atoms with van der Waals surface area (Å²) < 4.78 is 4.53. The fraction of sp³-hybridized carbons (Fsp3) is 0.0400. The average Bonchev–Trinajstić information content (AvgIpc) is 3.85. The summed E-state index contributed by atoms with van der Waals surface area (Å²) in [6.45, 7) is 0. The molecule has 2 aliphatic rings. The molecule has 3 heterocycles. The zero-order valence-electron chi connectivity index (χ0n) is 29.8. The Morgan fingerprint density at radius 1 is 0.455 bits per heavy atom. The molecule has 2 amide bonds. The summed E-state index contributed by atoms with van der Waals surface area (Å²) >= 11 is 0. The Morgan fingerprint density at radius 3 is 1.87 bits per heavy atom. The molecule has 0 saturated heterocycles. The summed E-state index contributed by atoms with van der Waals surface area (Å²) in [4.78, 5) is 31.1. The van der Waals surface area contributed by atoms with Crippen LogP contribution in [0.15, 0.2) is 170 Å². The van der Waals surface area contributed by atoms with Gasteiger partial charge in [-0.2, -0.15) is 0 Å². The smallest absolute Gasteiger partial charge is 0.268 e. The van der Waals surface area contributed by atoms with E-state index < -0.39 is 0 Å². The molecule has 0 spiro atoms. The van der Waals surface area contributed by atoms with Crippen LogP contribution in [0.25, 0.3) is 72.4 Å². The van der Waals surface area contributed by atoms with E-state index in [1.54, 1.807) is 6.07 Å². The Bertz CT molecular complexity index is 3080. The Hall–Kier alpha value is -7.24. The van der Waals surface area contributed by atoms with E-state index in [1.807, 2.05) is 78.9 Å². The van der Waals surface area contributed by atoms with E-state index in [2.05, 4.69) is 100 Å². The van der Waals surface area contributed by atoms with E-state index >= 15 is 4.79 Å². The van der Waals surface area contributed by atoms with Gasteiger partial charge < -0.3 is 9.13 Å². The van der Waals surface area contributed by atoms with Crippen LogP contribution in [-0.2, 0) is 6.42 Å². The van der Waals surface area contributed by atoms with E-state index in [1.165, 1.54) is 27.1 Å². The van der Waals surface area contributed by atoms with Gasteiger partial charge in [0.2, 0.25) is 0 Å². The van der Waals surface area contributed by atoms with Gasteiger partial charge in [0, 0.05) is 33.1 Å². The van der Waals surface area contributed by atoms with Gasteiger partial charge in [0.25, 0.3) is 11.8 Å². The number of hydrogen-bond donors (Lipinski definition) is 0. The van der Waals surface area contributed by atoms with E-state index in [-0.39, 0.29) is 11.8 Å². The van der Waals surface area contributed by atoms with Crippen molar-refractivity contribution < 1.29 is 9.59 Å². The van der Waals surface area contributed by atoms with Gasteiger partial charge in [0.1, 0.15) is 0 Å². The molecule has 9 aromatic rings. The number of nitrogens with zero attached hydrogens (tertiary/aromatic N) is 3. The van der Waals surface area contributed by atoms with E-state index in [0.29, 0.717) is 22.5 Å². The monoisotopic (exact) mass is 707 g/mol. The Labute approximate surface area is 317 Å². The summed E-state index contributed by atoms with van der Waals surface area (Å²) in [5.41, 5.74) is 12.5. The van der Waals surface area contributed by atoms with Crippen LogP contribution in [0.4, 0.5) is 5.69 Å². The predicted octanol–water partition coefficient (Wildman–Crippen LogP) is 11.8. The number of benzene rings is 7. The van der Waals surface area contributed by atoms with Gasteiger partial charge >= 0.3 is 0 Å². The maximum Gasteiger partial charge on any atom is 0.268 e. The average molecular weight is 708 g/mol. The number of para-hydroxylation sites is 2. The quantitative estimate of drug-likeness (QED) is 0.167. The van der Waals surface area contributed by atoms with Crippen molar-refractivity contribution in [3.05, 3.63) is 192 Å². The molecule has 11 rings (SSSR count). The molecule has 0 radical (unpaired) electrons. The highest BCUT2D eigenvalue weighted by Gasteiger charge is 2.41. The second-order valence-corrected chi connectivity index (χ2v) is 14.3. The lowest BCUT2D eigenvalue weighted by Crippen LogP contribution is -2.30. The standard InChI is InChI=1S/C50H33N3O2/c54-49-40-23-14-28-45(48(40)50(55)53(49)44-27-13-22-35(32-15-3-1-4-16-32)47(44)33-17-5-2-6-18-33)52-43-26-12-9-21-38(43)39-30-29-34(31-46(39)52)51-41-24-10-7-19-36(41)37-20-8-11-25-42(37)51/h1-7,9-19,21-31H,8,20H2. The molecule has 1 aliphatic carbocycles. The van der Waals surface area contributed by atoms with Crippen molar-refractivity contribution >= 4 is 56.3 Å². The topological polar surface area (TPSA) is 47.2 Å².